The first-order chi connectivity index (χ1) is 13.1. The van der Waals surface area contributed by atoms with Crippen molar-refractivity contribution in [3.63, 3.8) is 0 Å². The molecule has 1 saturated heterocycles. The van der Waals surface area contributed by atoms with Gasteiger partial charge in [-0.05, 0) is 18.2 Å². The SMILES string of the molecule is Cn1nc(C(=O)NC[C@H](c2ccco2)[NH+]2CCCC2)c2ccccc2c1=O. The lowest BCUT2D eigenvalue weighted by atomic mass is 10.1. The number of carbonyl (C=O) groups excluding carboxylic acids is 1. The maximum absolute atomic E-state index is 12.9. The average Bonchev–Trinajstić information content (AvgIpc) is 3.39. The molecule has 2 N–H and O–H groups in total. The van der Waals surface area contributed by atoms with E-state index in [0.29, 0.717) is 17.3 Å². The number of furan rings is 1. The quantitative estimate of drug-likeness (QED) is 0.695. The smallest absolute Gasteiger partial charge is 0.274 e. The number of benzene rings is 1. The number of aryl methyl sites for hydroxylation is 1. The first-order valence-corrected chi connectivity index (χ1v) is 9.27. The highest BCUT2D eigenvalue weighted by atomic mass is 16.3. The first kappa shape index (κ1) is 17.5. The van der Waals surface area contributed by atoms with Gasteiger partial charge in [-0.1, -0.05) is 18.2 Å². The van der Waals surface area contributed by atoms with Crippen molar-refractivity contribution in [2.45, 2.75) is 18.9 Å². The van der Waals surface area contributed by atoms with E-state index in [2.05, 4.69) is 10.4 Å². The fraction of sp³-hybridized carbons (Fsp3) is 0.350. The number of rotatable bonds is 5. The lowest BCUT2D eigenvalue weighted by Crippen LogP contribution is -3.11. The molecule has 1 atom stereocenters. The van der Waals surface area contributed by atoms with Crippen LogP contribution in [0.5, 0.6) is 0 Å². The summed E-state index contributed by atoms with van der Waals surface area (Å²) in [5.41, 5.74) is 0.0550. The normalized spacial score (nSPS) is 15.9. The predicted octanol–water partition coefficient (Wildman–Crippen LogP) is 0.676. The van der Waals surface area contributed by atoms with Crippen molar-refractivity contribution < 1.29 is 14.1 Å². The van der Waals surface area contributed by atoms with Crippen molar-refractivity contribution in [3.05, 3.63) is 64.5 Å². The van der Waals surface area contributed by atoms with Crippen LogP contribution in [0, 0.1) is 0 Å². The summed E-state index contributed by atoms with van der Waals surface area (Å²) in [6, 6.07) is 11.0. The fourth-order valence-electron chi connectivity index (χ4n) is 3.86. The van der Waals surface area contributed by atoms with Gasteiger partial charge in [0.15, 0.2) is 17.5 Å². The van der Waals surface area contributed by atoms with E-state index in [1.54, 1.807) is 37.6 Å². The van der Waals surface area contributed by atoms with Crippen LogP contribution in [0.2, 0.25) is 0 Å². The van der Waals surface area contributed by atoms with E-state index in [4.69, 9.17) is 4.42 Å². The first-order valence-electron chi connectivity index (χ1n) is 9.27. The van der Waals surface area contributed by atoms with Gasteiger partial charge < -0.3 is 14.6 Å². The van der Waals surface area contributed by atoms with Crippen LogP contribution < -0.4 is 15.8 Å². The summed E-state index contributed by atoms with van der Waals surface area (Å²) in [5.74, 6) is 0.599. The topological polar surface area (TPSA) is 81.6 Å². The molecular weight excluding hydrogens is 344 g/mol. The molecule has 0 unspecified atom stereocenters. The summed E-state index contributed by atoms with van der Waals surface area (Å²) >= 11 is 0. The highest BCUT2D eigenvalue weighted by molar-refractivity contribution is 6.04. The number of hydrogen-bond donors (Lipinski definition) is 2. The lowest BCUT2D eigenvalue weighted by Gasteiger charge is -2.23. The van der Waals surface area contributed by atoms with Gasteiger partial charge in [0.25, 0.3) is 11.5 Å². The van der Waals surface area contributed by atoms with Gasteiger partial charge in [-0.2, -0.15) is 5.10 Å². The van der Waals surface area contributed by atoms with Gasteiger partial charge in [-0.25, -0.2) is 4.68 Å². The van der Waals surface area contributed by atoms with Gasteiger partial charge in [0.1, 0.15) is 0 Å². The van der Waals surface area contributed by atoms with E-state index in [0.717, 1.165) is 18.8 Å². The Bertz CT molecular complexity index is 1000. The molecule has 2 aromatic heterocycles. The van der Waals surface area contributed by atoms with Gasteiger partial charge in [-0.3, -0.25) is 9.59 Å². The summed E-state index contributed by atoms with van der Waals surface area (Å²) in [6.07, 6.45) is 4.04. The van der Waals surface area contributed by atoms with Crippen molar-refractivity contribution in [1.29, 1.82) is 0 Å². The number of likely N-dealkylation sites (tertiary alicyclic amines) is 1. The molecule has 140 valence electrons. The van der Waals surface area contributed by atoms with Crippen LogP contribution in [-0.2, 0) is 7.05 Å². The lowest BCUT2D eigenvalue weighted by molar-refractivity contribution is -0.919. The van der Waals surface area contributed by atoms with Crippen LogP contribution in [0.1, 0.15) is 35.1 Å². The van der Waals surface area contributed by atoms with Crippen LogP contribution >= 0.6 is 0 Å². The molecular formula is C20H23N4O3+. The maximum atomic E-state index is 12.9. The number of hydrogen-bond acceptors (Lipinski definition) is 4. The van der Waals surface area contributed by atoms with Crippen LogP contribution in [-0.4, -0.2) is 35.3 Å². The number of amides is 1. The second kappa shape index (κ2) is 7.36. The van der Waals surface area contributed by atoms with E-state index in [1.165, 1.54) is 22.4 Å². The Hall–Kier alpha value is -2.93. The Morgan fingerprint density at radius 1 is 1.22 bits per heavy atom. The Morgan fingerprint density at radius 2 is 1.96 bits per heavy atom. The molecule has 1 aromatic carbocycles. The highest BCUT2D eigenvalue weighted by Crippen LogP contribution is 2.14. The van der Waals surface area contributed by atoms with Crippen LogP contribution in [0.25, 0.3) is 10.8 Å². The fourth-order valence-corrected chi connectivity index (χ4v) is 3.86. The molecule has 1 fully saturated rings. The van der Waals surface area contributed by atoms with E-state index in [9.17, 15) is 9.59 Å². The predicted molar refractivity (Wildman–Crippen MR) is 101 cm³/mol. The van der Waals surface area contributed by atoms with E-state index in [1.807, 2.05) is 12.1 Å². The number of aromatic nitrogens is 2. The molecule has 0 spiro atoms. The molecule has 0 aliphatic carbocycles. The number of carbonyl (C=O) groups is 1. The summed E-state index contributed by atoms with van der Waals surface area (Å²) in [5, 5.41) is 8.27. The van der Waals surface area contributed by atoms with Gasteiger partial charge in [0.05, 0.1) is 31.3 Å². The molecule has 7 nitrogen and oxygen atoms in total. The Labute approximate surface area is 156 Å². The number of nitrogens with one attached hydrogen (secondary N) is 2. The molecule has 4 rings (SSSR count). The van der Waals surface area contributed by atoms with Crippen molar-refractivity contribution in [2.24, 2.45) is 7.05 Å². The van der Waals surface area contributed by atoms with Gasteiger partial charge in [0.2, 0.25) is 0 Å². The van der Waals surface area contributed by atoms with Gasteiger partial charge >= 0.3 is 0 Å². The Kier molecular flexibility index (Phi) is 4.77. The van der Waals surface area contributed by atoms with Crippen molar-refractivity contribution >= 4 is 16.7 Å². The molecule has 0 saturated carbocycles. The van der Waals surface area contributed by atoms with Gasteiger partial charge in [0, 0.05) is 25.3 Å². The standard InChI is InChI=1S/C20H22N4O3/c1-23-20(26)15-8-3-2-7-14(15)18(22-23)19(25)21-13-16(17-9-6-12-27-17)24-10-4-5-11-24/h2-3,6-9,12,16H,4-5,10-11,13H2,1H3,(H,21,25)/p+1/t16-/m1/s1. The Morgan fingerprint density at radius 3 is 2.67 bits per heavy atom. The zero-order valence-corrected chi connectivity index (χ0v) is 15.3. The molecule has 1 aliphatic rings. The highest BCUT2D eigenvalue weighted by Gasteiger charge is 2.30. The van der Waals surface area contributed by atoms with Crippen LogP contribution in [0.4, 0.5) is 0 Å². The third-order valence-corrected chi connectivity index (χ3v) is 5.26. The minimum Gasteiger partial charge on any atom is -0.463 e. The Balaban J connectivity index is 1.59. The molecule has 1 amide bonds. The van der Waals surface area contributed by atoms with Crippen molar-refractivity contribution in [3.8, 4) is 0 Å². The zero-order chi connectivity index (χ0) is 18.8. The maximum Gasteiger partial charge on any atom is 0.274 e. The third-order valence-electron chi connectivity index (χ3n) is 5.26. The third kappa shape index (κ3) is 3.38. The van der Waals surface area contributed by atoms with E-state index >= 15 is 0 Å². The monoisotopic (exact) mass is 367 g/mol. The summed E-state index contributed by atoms with van der Waals surface area (Å²) in [6.45, 7) is 2.60. The minimum absolute atomic E-state index is 0.0743. The molecule has 3 aromatic rings. The largest absolute Gasteiger partial charge is 0.463 e. The molecule has 7 heteroatoms. The molecule has 3 heterocycles. The summed E-state index contributed by atoms with van der Waals surface area (Å²) < 4.78 is 6.83. The summed E-state index contributed by atoms with van der Waals surface area (Å²) in [4.78, 5) is 26.6. The molecule has 27 heavy (non-hydrogen) atoms. The molecule has 1 aliphatic heterocycles. The van der Waals surface area contributed by atoms with Crippen molar-refractivity contribution in [1.82, 2.24) is 15.1 Å². The molecule has 0 bridgehead atoms. The average molecular weight is 367 g/mol. The second-order valence-corrected chi connectivity index (χ2v) is 6.97. The van der Waals surface area contributed by atoms with Gasteiger partial charge in [-0.15, -0.1) is 0 Å². The van der Waals surface area contributed by atoms with E-state index in [-0.39, 0.29) is 23.2 Å². The van der Waals surface area contributed by atoms with Crippen LogP contribution in [0.3, 0.4) is 0 Å². The van der Waals surface area contributed by atoms with Crippen LogP contribution in [0.15, 0.2) is 51.9 Å². The van der Waals surface area contributed by atoms with Crippen molar-refractivity contribution in [2.75, 3.05) is 19.6 Å². The number of quaternary nitrogens is 1. The molecule has 0 radical (unpaired) electrons. The minimum atomic E-state index is -0.281. The summed E-state index contributed by atoms with van der Waals surface area (Å²) in [7, 11) is 1.56. The number of nitrogens with zero attached hydrogens (tertiary/aromatic N) is 2. The zero-order valence-electron chi connectivity index (χ0n) is 15.3. The second-order valence-electron chi connectivity index (χ2n) is 6.97. The number of fused-ring (bicyclic) bond motifs is 1. The van der Waals surface area contributed by atoms with E-state index < -0.39 is 0 Å².